The van der Waals surface area contributed by atoms with E-state index in [9.17, 15) is 13.2 Å². The molecule has 0 radical (unpaired) electrons. The van der Waals surface area contributed by atoms with Crippen molar-refractivity contribution in [2.45, 2.75) is 33.1 Å². The summed E-state index contributed by atoms with van der Waals surface area (Å²) in [4.78, 5) is 15.7. The molecule has 1 aromatic carbocycles. The van der Waals surface area contributed by atoms with Crippen LogP contribution >= 0.6 is 0 Å². The quantitative estimate of drug-likeness (QED) is 0.262. The van der Waals surface area contributed by atoms with Crippen LogP contribution in [0, 0.1) is 11.6 Å². The molecule has 176 valence electrons. The third kappa shape index (κ3) is 4.57. The van der Waals surface area contributed by atoms with Crippen LogP contribution in [0.5, 0.6) is 0 Å². The van der Waals surface area contributed by atoms with Gasteiger partial charge in [0, 0.05) is 41.5 Å². The molecule has 0 fully saturated rings. The lowest BCUT2D eigenvalue weighted by Gasteiger charge is -2.11. The van der Waals surface area contributed by atoms with E-state index in [-0.39, 0.29) is 17.3 Å². The molecule has 3 aromatic heterocycles. The molecule has 0 saturated carbocycles. The van der Waals surface area contributed by atoms with Crippen LogP contribution in [-0.2, 0) is 6.42 Å². The fourth-order valence-electron chi connectivity index (χ4n) is 3.74. The lowest BCUT2D eigenvalue weighted by Crippen LogP contribution is -2.13. The van der Waals surface area contributed by atoms with Crippen LogP contribution in [0.4, 0.5) is 19.1 Å². The second kappa shape index (κ2) is 9.50. The predicted molar refractivity (Wildman–Crippen MR) is 128 cm³/mol. The van der Waals surface area contributed by atoms with E-state index in [0.717, 1.165) is 17.2 Å². The van der Waals surface area contributed by atoms with E-state index >= 15 is 0 Å². The Morgan fingerprint density at radius 2 is 2.09 bits per heavy atom. The summed E-state index contributed by atoms with van der Waals surface area (Å²) in [6.45, 7) is 9.20. The van der Waals surface area contributed by atoms with Crippen LogP contribution in [0.1, 0.15) is 43.6 Å². The van der Waals surface area contributed by atoms with Crippen molar-refractivity contribution in [2.75, 3.05) is 11.9 Å². The minimum absolute atomic E-state index is 0.146. The molecule has 0 spiro atoms. The molecule has 4 rings (SSSR count). The van der Waals surface area contributed by atoms with Gasteiger partial charge in [-0.3, -0.25) is 4.99 Å². The van der Waals surface area contributed by atoms with Crippen molar-refractivity contribution >= 4 is 34.8 Å². The molecule has 34 heavy (non-hydrogen) atoms. The molecule has 4 aromatic rings. The summed E-state index contributed by atoms with van der Waals surface area (Å²) < 4.78 is 43.0. The molecule has 2 N–H and O–H groups in total. The average Bonchev–Trinajstić information content (AvgIpc) is 3.38. The molecular formula is C24H24F3N7. The van der Waals surface area contributed by atoms with E-state index in [1.165, 1.54) is 25.3 Å². The van der Waals surface area contributed by atoms with Gasteiger partial charge in [0.25, 0.3) is 0 Å². The standard InChI is InChI=1S/C24H24F3N7/c1-13(2)19-12-31-34-23(19)32-22(16(10-28-4)7-14(3)25)33-24(34)29-6-5-15-11-30-21-18(15)8-17(26)9-20(21)27/h7-13,30H,4-6H2,1-3H3,(H,29,32,33)/b14-7+,16-10+. The van der Waals surface area contributed by atoms with Crippen LogP contribution < -0.4 is 5.32 Å². The van der Waals surface area contributed by atoms with Gasteiger partial charge >= 0.3 is 0 Å². The molecule has 0 aliphatic carbocycles. The number of nitrogens with zero attached hydrogens (tertiary/aromatic N) is 5. The third-order valence-corrected chi connectivity index (χ3v) is 5.33. The number of hydrogen-bond donors (Lipinski definition) is 2. The lowest BCUT2D eigenvalue weighted by atomic mass is 10.1. The van der Waals surface area contributed by atoms with Gasteiger partial charge in [0.1, 0.15) is 11.6 Å². The number of H-pyrrole nitrogens is 1. The molecule has 0 aliphatic rings. The van der Waals surface area contributed by atoms with Crippen LogP contribution in [-0.4, -0.2) is 37.8 Å². The monoisotopic (exact) mass is 467 g/mol. The number of fused-ring (bicyclic) bond motifs is 2. The Hall–Kier alpha value is -3.95. The second-order valence-corrected chi connectivity index (χ2v) is 8.16. The van der Waals surface area contributed by atoms with Crippen molar-refractivity contribution in [3.05, 3.63) is 71.2 Å². The third-order valence-electron chi connectivity index (χ3n) is 5.33. The van der Waals surface area contributed by atoms with E-state index in [0.29, 0.717) is 35.5 Å². The van der Waals surface area contributed by atoms with Crippen molar-refractivity contribution < 1.29 is 13.2 Å². The van der Waals surface area contributed by atoms with Crippen LogP contribution in [0.15, 0.2) is 47.6 Å². The fraction of sp³-hybridized carbons (Fsp3) is 0.250. The lowest BCUT2D eigenvalue weighted by molar-refractivity contribution is 0.591. The number of rotatable bonds is 8. The summed E-state index contributed by atoms with van der Waals surface area (Å²) in [6, 6.07) is 2.15. The SMILES string of the molecule is C=N/C=C(\C=C(/C)F)c1nc(NCCc2c[nH]c3c(F)cc(F)cc23)n2ncc(C(C)C)c2n1. The predicted octanol–water partition coefficient (Wildman–Crippen LogP) is 5.58. The van der Waals surface area contributed by atoms with Crippen molar-refractivity contribution in [3.63, 3.8) is 0 Å². The summed E-state index contributed by atoms with van der Waals surface area (Å²) >= 11 is 0. The van der Waals surface area contributed by atoms with Crippen LogP contribution in [0.2, 0.25) is 0 Å². The fourth-order valence-corrected chi connectivity index (χ4v) is 3.74. The van der Waals surface area contributed by atoms with Gasteiger partial charge in [-0.2, -0.15) is 14.6 Å². The van der Waals surface area contributed by atoms with Gasteiger partial charge < -0.3 is 10.3 Å². The first-order chi connectivity index (χ1) is 16.3. The van der Waals surface area contributed by atoms with E-state index in [1.807, 2.05) is 13.8 Å². The van der Waals surface area contributed by atoms with Crippen molar-refractivity contribution in [3.8, 4) is 0 Å². The summed E-state index contributed by atoms with van der Waals surface area (Å²) in [7, 11) is 0. The Morgan fingerprint density at radius 1 is 1.29 bits per heavy atom. The zero-order chi connectivity index (χ0) is 24.4. The number of hydrogen-bond acceptors (Lipinski definition) is 5. The summed E-state index contributed by atoms with van der Waals surface area (Å²) in [5.74, 6) is -0.899. The zero-order valence-electron chi connectivity index (χ0n) is 19.0. The van der Waals surface area contributed by atoms with Gasteiger partial charge in [0.05, 0.1) is 17.5 Å². The Kier molecular flexibility index (Phi) is 6.49. The Balaban J connectivity index is 1.70. The van der Waals surface area contributed by atoms with Gasteiger partial charge in [-0.1, -0.05) is 13.8 Å². The molecular weight excluding hydrogens is 443 g/mol. The minimum Gasteiger partial charge on any atom is -0.359 e. The number of halogens is 3. The first-order valence-electron chi connectivity index (χ1n) is 10.7. The average molecular weight is 467 g/mol. The Bertz CT molecular complexity index is 1430. The van der Waals surface area contributed by atoms with Crippen LogP contribution in [0.3, 0.4) is 0 Å². The molecule has 7 nitrogen and oxygen atoms in total. The van der Waals surface area contributed by atoms with Crippen LogP contribution in [0.25, 0.3) is 22.1 Å². The molecule has 0 bridgehead atoms. The molecule has 0 atom stereocenters. The van der Waals surface area contributed by atoms with E-state index in [1.54, 1.807) is 16.9 Å². The topological polar surface area (TPSA) is 83.3 Å². The Labute approximate surface area is 194 Å². The molecule has 0 amide bonds. The number of nitrogens with one attached hydrogen (secondary N) is 2. The smallest absolute Gasteiger partial charge is 0.227 e. The first-order valence-corrected chi connectivity index (χ1v) is 10.7. The molecule has 0 saturated heterocycles. The van der Waals surface area contributed by atoms with Gasteiger partial charge in [0.15, 0.2) is 11.5 Å². The number of aliphatic imine (C=N–C) groups is 1. The summed E-state index contributed by atoms with van der Waals surface area (Å²) in [5.41, 5.74) is 2.86. The Morgan fingerprint density at radius 3 is 2.79 bits per heavy atom. The molecule has 3 heterocycles. The summed E-state index contributed by atoms with van der Waals surface area (Å²) in [6.07, 6.45) is 6.51. The van der Waals surface area contributed by atoms with E-state index in [2.05, 4.69) is 37.1 Å². The largest absolute Gasteiger partial charge is 0.359 e. The molecule has 0 unspecified atom stereocenters. The number of aromatic nitrogens is 5. The number of allylic oxidation sites excluding steroid dienone is 3. The van der Waals surface area contributed by atoms with E-state index < -0.39 is 17.5 Å². The second-order valence-electron chi connectivity index (χ2n) is 8.16. The molecule has 10 heteroatoms. The highest BCUT2D eigenvalue weighted by Gasteiger charge is 2.17. The molecule has 0 aliphatic heterocycles. The summed E-state index contributed by atoms with van der Waals surface area (Å²) in [5, 5.41) is 8.12. The van der Waals surface area contributed by atoms with Crippen molar-refractivity contribution in [2.24, 2.45) is 4.99 Å². The zero-order valence-corrected chi connectivity index (χ0v) is 19.0. The number of benzene rings is 1. The highest BCUT2D eigenvalue weighted by atomic mass is 19.1. The maximum Gasteiger partial charge on any atom is 0.227 e. The number of aromatic amines is 1. The van der Waals surface area contributed by atoms with Crippen molar-refractivity contribution in [1.29, 1.82) is 0 Å². The van der Waals surface area contributed by atoms with E-state index in [4.69, 9.17) is 0 Å². The normalized spacial score (nSPS) is 12.8. The van der Waals surface area contributed by atoms with Gasteiger partial charge in [0.2, 0.25) is 5.95 Å². The highest BCUT2D eigenvalue weighted by molar-refractivity contribution is 5.83. The minimum atomic E-state index is -0.638. The van der Waals surface area contributed by atoms with Gasteiger partial charge in [-0.25, -0.2) is 18.2 Å². The number of anilines is 1. The van der Waals surface area contributed by atoms with Gasteiger partial charge in [-0.15, -0.1) is 0 Å². The highest BCUT2D eigenvalue weighted by Crippen LogP contribution is 2.25. The maximum absolute atomic E-state index is 14.0. The van der Waals surface area contributed by atoms with Gasteiger partial charge in [-0.05, 0) is 43.7 Å². The maximum atomic E-state index is 14.0. The van der Waals surface area contributed by atoms with Crippen molar-refractivity contribution in [1.82, 2.24) is 24.6 Å². The first kappa shape index (κ1) is 23.2.